The molecule has 0 saturated heterocycles. The predicted octanol–water partition coefficient (Wildman–Crippen LogP) is 3.33. The number of rotatable bonds is 2. The van der Waals surface area contributed by atoms with Crippen LogP contribution in [-0.4, -0.2) is 10.6 Å². The van der Waals surface area contributed by atoms with Crippen molar-refractivity contribution in [1.82, 2.24) is 4.57 Å². The number of aliphatic imine (C=N–C) groups is 1. The number of benzene rings is 1. The molecule has 0 fully saturated rings. The Morgan fingerprint density at radius 3 is 2.75 bits per heavy atom. The number of nitrogens with zero attached hydrogens (tertiary/aromatic N) is 2. The van der Waals surface area contributed by atoms with E-state index in [-0.39, 0.29) is 11.9 Å². The Labute approximate surface area is 92.2 Å². The summed E-state index contributed by atoms with van der Waals surface area (Å²) in [6, 6.07) is 6.36. The number of hydrogen-bond donors (Lipinski definition) is 0. The van der Waals surface area contributed by atoms with E-state index >= 15 is 0 Å². The minimum Gasteiger partial charge on any atom is -0.322 e. The van der Waals surface area contributed by atoms with Gasteiger partial charge in [-0.3, -0.25) is 0 Å². The van der Waals surface area contributed by atoms with Gasteiger partial charge in [0.15, 0.2) is 0 Å². The van der Waals surface area contributed by atoms with E-state index in [1.807, 2.05) is 18.4 Å². The third kappa shape index (κ3) is 1.64. The first-order valence-electron chi connectivity index (χ1n) is 5.02. The highest BCUT2D eigenvalue weighted by Gasteiger charge is 2.11. The molecule has 2 rings (SSSR count). The molecule has 0 aliphatic rings. The summed E-state index contributed by atoms with van der Waals surface area (Å²) in [5.41, 5.74) is 0.740. The van der Waals surface area contributed by atoms with Crippen LogP contribution in [0, 0.1) is 5.82 Å². The van der Waals surface area contributed by atoms with Crippen molar-refractivity contribution in [2.45, 2.75) is 19.9 Å². The van der Waals surface area contributed by atoms with Crippen molar-refractivity contribution in [3.63, 3.8) is 0 Å². The van der Waals surface area contributed by atoms with Crippen LogP contribution in [0.2, 0.25) is 0 Å². The maximum absolute atomic E-state index is 13.2. The lowest BCUT2D eigenvalue weighted by Gasteiger charge is -2.11. The summed E-state index contributed by atoms with van der Waals surface area (Å²) < 4.78 is 15.0. The van der Waals surface area contributed by atoms with Crippen molar-refractivity contribution in [1.29, 1.82) is 0 Å². The van der Waals surface area contributed by atoms with Gasteiger partial charge in [0.2, 0.25) is 6.08 Å². The average molecular weight is 218 g/mol. The Morgan fingerprint density at radius 1 is 1.38 bits per heavy atom. The largest absolute Gasteiger partial charge is 0.322 e. The van der Waals surface area contributed by atoms with Crippen LogP contribution >= 0.6 is 0 Å². The predicted molar refractivity (Wildman–Crippen MR) is 60.1 cm³/mol. The highest BCUT2D eigenvalue weighted by molar-refractivity contribution is 5.85. The molecule has 3 nitrogen and oxygen atoms in total. The molecule has 0 unspecified atom stereocenters. The molecule has 0 N–H and O–H groups in total. The molecule has 4 heteroatoms. The topological polar surface area (TPSA) is 34.4 Å². The molecule has 0 atom stereocenters. The summed E-state index contributed by atoms with van der Waals surface area (Å²) >= 11 is 0. The molecule has 82 valence electrons. The van der Waals surface area contributed by atoms with Gasteiger partial charge in [-0.15, -0.1) is 4.99 Å². The second-order valence-electron chi connectivity index (χ2n) is 3.87. The standard InChI is InChI=1S/C12H11FN2O/c1-8(2)15-11-6-10(13)4-3-9(11)5-12(15)14-7-16/h3-6,8H,1-2H3. The van der Waals surface area contributed by atoms with Gasteiger partial charge >= 0.3 is 0 Å². The second-order valence-corrected chi connectivity index (χ2v) is 3.87. The molecule has 0 bridgehead atoms. The lowest BCUT2D eigenvalue weighted by Crippen LogP contribution is -1.99. The highest BCUT2D eigenvalue weighted by Crippen LogP contribution is 2.29. The normalized spacial score (nSPS) is 10.8. The zero-order valence-corrected chi connectivity index (χ0v) is 9.07. The quantitative estimate of drug-likeness (QED) is 0.562. The number of fused-ring (bicyclic) bond motifs is 1. The third-order valence-corrected chi connectivity index (χ3v) is 2.46. The Bertz CT molecular complexity index is 580. The van der Waals surface area contributed by atoms with Crippen molar-refractivity contribution < 1.29 is 9.18 Å². The van der Waals surface area contributed by atoms with Crippen LogP contribution < -0.4 is 0 Å². The molecule has 0 saturated carbocycles. The maximum atomic E-state index is 13.2. The van der Waals surface area contributed by atoms with E-state index in [1.165, 1.54) is 18.2 Å². The van der Waals surface area contributed by atoms with Crippen LogP contribution in [0.15, 0.2) is 29.3 Å². The Morgan fingerprint density at radius 2 is 2.12 bits per heavy atom. The van der Waals surface area contributed by atoms with E-state index in [4.69, 9.17) is 0 Å². The molecule has 0 amide bonds. The van der Waals surface area contributed by atoms with E-state index in [0.29, 0.717) is 5.82 Å². The van der Waals surface area contributed by atoms with Crippen molar-refractivity contribution in [3.8, 4) is 0 Å². The molecule has 1 heterocycles. The summed E-state index contributed by atoms with van der Waals surface area (Å²) in [6.07, 6.45) is 1.52. The first-order chi connectivity index (χ1) is 7.63. The van der Waals surface area contributed by atoms with E-state index in [1.54, 1.807) is 12.1 Å². The highest BCUT2D eigenvalue weighted by atomic mass is 19.1. The minimum atomic E-state index is -0.297. The Balaban J connectivity index is 2.82. The van der Waals surface area contributed by atoms with E-state index in [2.05, 4.69) is 4.99 Å². The van der Waals surface area contributed by atoms with Crippen LogP contribution in [0.25, 0.3) is 10.9 Å². The van der Waals surface area contributed by atoms with Gasteiger partial charge in [-0.05, 0) is 38.1 Å². The van der Waals surface area contributed by atoms with E-state index in [0.717, 1.165) is 10.9 Å². The molecular formula is C12H11FN2O. The first kappa shape index (κ1) is 10.6. The van der Waals surface area contributed by atoms with Gasteiger partial charge in [0.05, 0.1) is 5.52 Å². The monoisotopic (exact) mass is 218 g/mol. The number of halogens is 1. The number of isocyanates is 1. The molecule has 0 aliphatic heterocycles. The van der Waals surface area contributed by atoms with E-state index in [9.17, 15) is 9.18 Å². The number of carbonyl (C=O) groups excluding carboxylic acids is 1. The van der Waals surface area contributed by atoms with Crippen LogP contribution in [-0.2, 0) is 4.79 Å². The molecule has 2 aromatic rings. The van der Waals surface area contributed by atoms with Gasteiger partial charge in [-0.25, -0.2) is 9.18 Å². The molecular weight excluding hydrogens is 207 g/mol. The smallest absolute Gasteiger partial charge is 0.242 e. The van der Waals surface area contributed by atoms with Gasteiger partial charge in [0, 0.05) is 11.4 Å². The molecule has 16 heavy (non-hydrogen) atoms. The van der Waals surface area contributed by atoms with Gasteiger partial charge in [-0.1, -0.05) is 0 Å². The van der Waals surface area contributed by atoms with Gasteiger partial charge in [-0.2, -0.15) is 0 Å². The number of hydrogen-bond acceptors (Lipinski definition) is 2. The molecule has 1 aromatic heterocycles. The summed E-state index contributed by atoms with van der Waals surface area (Å²) in [5, 5.41) is 0.865. The summed E-state index contributed by atoms with van der Waals surface area (Å²) in [5.74, 6) is 0.208. The van der Waals surface area contributed by atoms with Crippen LogP contribution in [0.1, 0.15) is 19.9 Å². The summed E-state index contributed by atoms with van der Waals surface area (Å²) in [7, 11) is 0. The fourth-order valence-electron chi connectivity index (χ4n) is 1.86. The van der Waals surface area contributed by atoms with Gasteiger partial charge in [0.25, 0.3) is 0 Å². The SMILES string of the molecule is CC(C)n1c(N=C=O)cc2ccc(F)cc21. The maximum Gasteiger partial charge on any atom is 0.242 e. The minimum absolute atomic E-state index is 0.103. The van der Waals surface area contributed by atoms with Crippen molar-refractivity contribution >= 4 is 22.8 Å². The third-order valence-electron chi connectivity index (χ3n) is 2.46. The molecule has 1 aromatic carbocycles. The van der Waals surface area contributed by atoms with E-state index < -0.39 is 0 Å². The van der Waals surface area contributed by atoms with Crippen molar-refractivity contribution in [2.24, 2.45) is 4.99 Å². The van der Waals surface area contributed by atoms with Gasteiger partial charge in [0.1, 0.15) is 11.6 Å². The lowest BCUT2D eigenvalue weighted by molar-refractivity contribution is 0.563. The lowest BCUT2D eigenvalue weighted by atomic mass is 10.2. The molecule has 0 spiro atoms. The zero-order chi connectivity index (χ0) is 11.7. The Kier molecular flexibility index (Phi) is 2.59. The zero-order valence-electron chi connectivity index (χ0n) is 9.07. The van der Waals surface area contributed by atoms with Gasteiger partial charge < -0.3 is 4.57 Å². The van der Waals surface area contributed by atoms with Crippen molar-refractivity contribution in [2.75, 3.05) is 0 Å². The summed E-state index contributed by atoms with van der Waals surface area (Å²) in [4.78, 5) is 13.9. The fourth-order valence-corrected chi connectivity index (χ4v) is 1.86. The second kappa shape index (κ2) is 3.91. The Hall–Kier alpha value is -1.93. The van der Waals surface area contributed by atoms with Crippen LogP contribution in [0.5, 0.6) is 0 Å². The van der Waals surface area contributed by atoms with Crippen molar-refractivity contribution in [3.05, 3.63) is 30.1 Å². The number of aromatic nitrogens is 1. The molecule has 0 aliphatic carbocycles. The van der Waals surface area contributed by atoms with Crippen LogP contribution in [0.3, 0.4) is 0 Å². The summed E-state index contributed by atoms with van der Waals surface area (Å²) in [6.45, 7) is 3.91. The first-order valence-corrected chi connectivity index (χ1v) is 5.02. The average Bonchev–Trinajstić information content (AvgIpc) is 2.55. The molecule has 0 radical (unpaired) electrons. The fraction of sp³-hybridized carbons (Fsp3) is 0.250. The van der Waals surface area contributed by atoms with Crippen LogP contribution in [0.4, 0.5) is 10.2 Å².